The number of nitrogen functional groups attached to an aromatic ring is 1. The highest BCUT2D eigenvalue weighted by Gasteiger charge is 2.10. The zero-order chi connectivity index (χ0) is 16.6. The first kappa shape index (κ1) is 15.2. The summed E-state index contributed by atoms with van der Waals surface area (Å²) in [6.07, 6.45) is 0. The van der Waals surface area contributed by atoms with Gasteiger partial charge in [0, 0.05) is 5.56 Å². The van der Waals surface area contributed by atoms with E-state index in [9.17, 15) is 0 Å². The summed E-state index contributed by atoms with van der Waals surface area (Å²) in [6, 6.07) is 12.4. The fourth-order valence-corrected chi connectivity index (χ4v) is 2.78. The second-order valence-corrected chi connectivity index (χ2v) is 5.82. The predicted molar refractivity (Wildman–Crippen MR) is 95.2 cm³/mol. The van der Waals surface area contributed by atoms with Crippen molar-refractivity contribution in [1.29, 1.82) is 0 Å². The van der Waals surface area contributed by atoms with Gasteiger partial charge >= 0.3 is 0 Å². The zero-order valence-electron chi connectivity index (χ0n) is 13.8. The van der Waals surface area contributed by atoms with Crippen LogP contribution in [0.2, 0.25) is 0 Å². The van der Waals surface area contributed by atoms with Gasteiger partial charge in [-0.3, -0.25) is 0 Å². The predicted octanol–water partition coefficient (Wildman–Crippen LogP) is 3.90. The molecule has 1 aromatic heterocycles. The van der Waals surface area contributed by atoms with Gasteiger partial charge in [-0.25, -0.2) is 4.98 Å². The van der Waals surface area contributed by atoms with Crippen LogP contribution in [0.1, 0.15) is 22.3 Å². The lowest BCUT2D eigenvalue weighted by Gasteiger charge is -2.12. The number of nitrogens with two attached hydrogens (primary N) is 1. The van der Waals surface area contributed by atoms with Crippen molar-refractivity contribution < 1.29 is 4.74 Å². The van der Waals surface area contributed by atoms with Crippen LogP contribution in [-0.4, -0.2) is 16.7 Å². The van der Waals surface area contributed by atoms with Crippen molar-refractivity contribution in [2.75, 3.05) is 12.8 Å². The molecule has 2 N–H and O–H groups in total. The molecule has 0 spiro atoms. The zero-order valence-corrected chi connectivity index (χ0v) is 13.8. The molecule has 0 radical (unpaired) electrons. The molecule has 0 unspecified atom stereocenters. The molecule has 0 saturated carbocycles. The normalized spacial score (nSPS) is 10.9. The maximum atomic E-state index is 6.11. The summed E-state index contributed by atoms with van der Waals surface area (Å²) in [6.45, 7) is 8.74. The molecule has 23 heavy (non-hydrogen) atoms. The number of nitrogens with zero attached hydrogens (tertiary/aromatic N) is 2. The Balaban J connectivity index is 2.04. The molecule has 0 atom stereocenters. The summed E-state index contributed by atoms with van der Waals surface area (Å²) in [5, 5.41) is 0. The minimum atomic E-state index is 0.526. The number of rotatable bonds is 4. The first-order chi connectivity index (χ1) is 11.0. The van der Waals surface area contributed by atoms with Crippen LogP contribution in [0.5, 0.6) is 0 Å². The number of aromatic nitrogens is 2. The first-order valence-corrected chi connectivity index (χ1v) is 7.54. The van der Waals surface area contributed by atoms with Crippen molar-refractivity contribution in [3.8, 4) is 0 Å². The largest absolute Gasteiger partial charge is 0.497 e. The fraction of sp³-hybridized carbons (Fsp3) is 0.211. The molecule has 3 aromatic rings. The number of hydrogen-bond acceptors (Lipinski definition) is 3. The van der Waals surface area contributed by atoms with Crippen LogP contribution in [0, 0.1) is 13.8 Å². The van der Waals surface area contributed by atoms with E-state index in [0.717, 1.165) is 27.7 Å². The number of anilines is 1. The third-order valence-corrected chi connectivity index (χ3v) is 4.12. The SMILES string of the molecule is C=C(OC)c1cc(Cn2c(N)nc3ccc(C)cc32)ccc1C. The molecule has 118 valence electrons. The van der Waals surface area contributed by atoms with E-state index in [1.807, 2.05) is 23.6 Å². The number of benzene rings is 2. The maximum absolute atomic E-state index is 6.11. The lowest BCUT2D eigenvalue weighted by Crippen LogP contribution is -2.05. The van der Waals surface area contributed by atoms with Crippen LogP contribution in [0.4, 0.5) is 5.95 Å². The molecule has 0 amide bonds. The Hall–Kier alpha value is -2.75. The van der Waals surface area contributed by atoms with Gasteiger partial charge in [0.1, 0.15) is 5.76 Å². The van der Waals surface area contributed by atoms with Crippen LogP contribution in [0.3, 0.4) is 0 Å². The van der Waals surface area contributed by atoms with Gasteiger partial charge in [0.2, 0.25) is 5.95 Å². The van der Waals surface area contributed by atoms with Crippen LogP contribution in [-0.2, 0) is 11.3 Å². The molecule has 4 heteroatoms. The summed E-state index contributed by atoms with van der Waals surface area (Å²) in [4.78, 5) is 4.44. The summed E-state index contributed by atoms with van der Waals surface area (Å²) in [7, 11) is 1.64. The van der Waals surface area contributed by atoms with Gasteiger partial charge in [-0.05, 0) is 48.7 Å². The molecule has 0 fully saturated rings. The number of fused-ring (bicyclic) bond motifs is 1. The Labute approximate surface area is 136 Å². The minimum Gasteiger partial charge on any atom is -0.497 e. The lowest BCUT2D eigenvalue weighted by molar-refractivity contribution is 0.371. The van der Waals surface area contributed by atoms with Crippen molar-refractivity contribution in [2.24, 2.45) is 0 Å². The third-order valence-electron chi connectivity index (χ3n) is 4.12. The van der Waals surface area contributed by atoms with Crippen molar-refractivity contribution in [3.05, 3.63) is 65.2 Å². The molecule has 0 aliphatic rings. The Morgan fingerprint density at radius 2 is 2.00 bits per heavy atom. The van der Waals surface area contributed by atoms with Crippen molar-refractivity contribution in [2.45, 2.75) is 20.4 Å². The highest BCUT2D eigenvalue weighted by atomic mass is 16.5. The topological polar surface area (TPSA) is 53.1 Å². The molecule has 2 aromatic carbocycles. The first-order valence-electron chi connectivity index (χ1n) is 7.54. The smallest absolute Gasteiger partial charge is 0.201 e. The standard InChI is InChI=1S/C19H21N3O/c1-12-5-8-17-18(9-12)22(19(20)21-17)11-15-7-6-13(2)16(10-15)14(3)23-4/h5-10H,3,11H2,1-2,4H3,(H2,20,21). The quantitative estimate of drug-likeness (QED) is 0.744. The molecule has 3 rings (SSSR count). The number of hydrogen-bond donors (Lipinski definition) is 1. The van der Waals surface area contributed by atoms with E-state index < -0.39 is 0 Å². The molecule has 4 nitrogen and oxygen atoms in total. The van der Waals surface area contributed by atoms with E-state index >= 15 is 0 Å². The van der Waals surface area contributed by atoms with Gasteiger partial charge < -0.3 is 15.0 Å². The van der Waals surface area contributed by atoms with Crippen molar-refractivity contribution >= 4 is 22.7 Å². The minimum absolute atomic E-state index is 0.526. The van der Waals surface area contributed by atoms with Gasteiger partial charge in [0.15, 0.2) is 0 Å². The molecular weight excluding hydrogens is 286 g/mol. The number of methoxy groups -OCH3 is 1. The summed E-state index contributed by atoms with van der Waals surface area (Å²) in [5.41, 5.74) is 12.6. The Morgan fingerprint density at radius 3 is 2.74 bits per heavy atom. The highest BCUT2D eigenvalue weighted by Crippen LogP contribution is 2.23. The second-order valence-electron chi connectivity index (χ2n) is 5.82. The van der Waals surface area contributed by atoms with Gasteiger partial charge in [-0.2, -0.15) is 0 Å². The molecule has 0 aliphatic heterocycles. The van der Waals surface area contributed by atoms with Gasteiger partial charge in [-0.1, -0.05) is 24.8 Å². The lowest BCUT2D eigenvalue weighted by atomic mass is 10.0. The Kier molecular flexibility index (Phi) is 3.82. The third kappa shape index (κ3) is 2.80. The van der Waals surface area contributed by atoms with Crippen molar-refractivity contribution in [3.63, 3.8) is 0 Å². The van der Waals surface area contributed by atoms with E-state index in [1.54, 1.807) is 7.11 Å². The maximum Gasteiger partial charge on any atom is 0.201 e. The Bertz CT molecular complexity index is 893. The van der Waals surface area contributed by atoms with E-state index in [2.05, 4.69) is 42.8 Å². The molecule has 1 heterocycles. The number of imidazole rings is 1. The molecule has 0 saturated heterocycles. The number of ether oxygens (including phenoxy) is 1. The average molecular weight is 307 g/mol. The van der Waals surface area contributed by atoms with E-state index in [-0.39, 0.29) is 0 Å². The van der Waals surface area contributed by atoms with Gasteiger partial charge in [0.25, 0.3) is 0 Å². The van der Waals surface area contributed by atoms with Gasteiger partial charge in [0.05, 0.1) is 24.7 Å². The van der Waals surface area contributed by atoms with Crippen LogP contribution in [0.15, 0.2) is 43.0 Å². The van der Waals surface area contributed by atoms with E-state index in [0.29, 0.717) is 18.3 Å². The van der Waals surface area contributed by atoms with E-state index in [4.69, 9.17) is 10.5 Å². The van der Waals surface area contributed by atoms with Crippen molar-refractivity contribution in [1.82, 2.24) is 9.55 Å². The molecule has 0 bridgehead atoms. The monoisotopic (exact) mass is 307 g/mol. The van der Waals surface area contributed by atoms with E-state index in [1.165, 1.54) is 5.56 Å². The fourth-order valence-electron chi connectivity index (χ4n) is 2.78. The molecular formula is C19H21N3O. The second kappa shape index (κ2) is 5.80. The van der Waals surface area contributed by atoms with Gasteiger partial charge in [-0.15, -0.1) is 0 Å². The number of aryl methyl sites for hydroxylation is 2. The van der Waals surface area contributed by atoms with Crippen LogP contribution < -0.4 is 5.73 Å². The summed E-state index contributed by atoms with van der Waals surface area (Å²) >= 11 is 0. The Morgan fingerprint density at radius 1 is 1.22 bits per heavy atom. The van der Waals surface area contributed by atoms with Crippen LogP contribution >= 0.6 is 0 Å². The highest BCUT2D eigenvalue weighted by molar-refractivity contribution is 5.79. The average Bonchev–Trinajstić information content (AvgIpc) is 2.84. The summed E-state index contributed by atoms with van der Waals surface area (Å²) < 4.78 is 7.31. The molecule has 0 aliphatic carbocycles. The van der Waals surface area contributed by atoms with Crippen LogP contribution in [0.25, 0.3) is 16.8 Å². The summed E-state index contributed by atoms with van der Waals surface area (Å²) in [5.74, 6) is 1.20.